The molecule has 1 atom stereocenters. The highest BCUT2D eigenvalue weighted by molar-refractivity contribution is 5.94. The Morgan fingerprint density at radius 1 is 0.963 bits per heavy atom. The number of amides is 1. The minimum atomic E-state index is -0.00958. The van der Waals surface area contributed by atoms with Gasteiger partial charge in [0.2, 0.25) is 0 Å². The highest BCUT2D eigenvalue weighted by Gasteiger charge is 2.15. The lowest BCUT2D eigenvalue weighted by molar-refractivity contribution is 0.0940. The summed E-state index contributed by atoms with van der Waals surface area (Å²) in [5, 5.41) is 3.15. The van der Waals surface area contributed by atoms with Gasteiger partial charge in [-0.25, -0.2) is 0 Å². The molecule has 0 aromatic heterocycles. The van der Waals surface area contributed by atoms with Gasteiger partial charge in [0.05, 0.1) is 6.04 Å². The zero-order valence-corrected chi connectivity index (χ0v) is 17.1. The van der Waals surface area contributed by atoms with Crippen LogP contribution in [0.2, 0.25) is 0 Å². The molecule has 0 aliphatic carbocycles. The summed E-state index contributed by atoms with van der Waals surface area (Å²) in [5.41, 5.74) is 6.98. The van der Waals surface area contributed by atoms with Gasteiger partial charge < -0.3 is 5.32 Å². The second kappa shape index (κ2) is 8.71. The molecule has 0 radical (unpaired) electrons. The number of rotatable bonds is 5. The van der Waals surface area contributed by atoms with E-state index in [-0.39, 0.29) is 11.9 Å². The Hall–Kier alpha value is -2.13. The van der Waals surface area contributed by atoms with E-state index in [1.807, 2.05) is 12.1 Å². The van der Waals surface area contributed by atoms with Crippen LogP contribution in [0.25, 0.3) is 0 Å². The van der Waals surface area contributed by atoms with Gasteiger partial charge in [-0.2, -0.15) is 0 Å². The van der Waals surface area contributed by atoms with Crippen molar-refractivity contribution in [2.24, 2.45) is 0 Å². The fraction of sp³-hybridized carbons (Fsp3) is 0.458. The van der Waals surface area contributed by atoms with Crippen LogP contribution in [0.1, 0.15) is 70.4 Å². The molecule has 1 amide bonds. The van der Waals surface area contributed by atoms with Gasteiger partial charge in [-0.1, -0.05) is 30.7 Å². The normalized spacial score (nSPS) is 16.1. The number of hydrogen-bond donors (Lipinski definition) is 1. The largest absolute Gasteiger partial charge is 0.346 e. The quantitative estimate of drug-likeness (QED) is 0.801. The first-order chi connectivity index (χ1) is 12.9. The Morgan fingerprint density at radius 3 is 2.26 bits per heavy atom. The monoisotopic (exact) mass is 364 g/mol. The minimum absolute atomic E-state index is 0.00942. The predicted octanol–water partition coefficient (Wildman–Crippen LogP) is 5.09. The van der Waals surface area contributed by atoms with Crippen LogP contribution in [0.15, 0.2) is 36.4 Å². The van der Waals surface area contributed by atoms with E-state index in [0.29, 0.717) is 0 Å². The second-order valence-electron chi connectivity index (χ2n) is 8.02. The fourth-order valence-electron chi connectivity index (χ4n) is 3.94. The van der Waals surface area contributed by atoms with Crippen LogP contribution >= 0.6 is 0 Å². The van der Waals surface area contributed by atoms with Crippen molar-refractivity contribution in [2.75, 3.05) is 13.1 Å². The van der Waals surface area contributed by atoms with Crippen molar-refractivity contribution in [3.63, 3.8) is 0 Å². The first-order valence-electron chi connectivity index (χ1n) is 10.1. The molecule has 1 aliphatic rings. The fourth-order valence-corrected chi connectivity index (χ4v) is 3.94. The van der Waals surface area contributed by atoms with Gasteiger partial charge in [-0.15, -0.1) is 0 Å². The third kappa shape index (κ3) is 4.98. The number of piperidine rings is 1. The molecular formula is C24H32N2O. The number of nitrogens with one attached hydrogen (secondary N) is 1. The van der Waals surface area contributed by atoms with E-state index < -0.39 is 0 Å². The molecule has 3 rings (SSSR count). The molecule has 1 heterocycles. The molecule has 0 unspecified atom stereocenters. The van der Waals surface area contributed by atoms with E-state index >= 15 is 0 Å². The standard InChI is InChI=1S/C24H32N2O/c1-17-14-19(3)23(15-18(17)2)20(4)25-24(27)22-10-8-21(9-11-22)16-26-12-6-5-7-13-26/h8-11,14-15,20H,5-7,12-13,16H2,1-4H3,(H,25,27)/t20-/m1/s1. The van der Waals surface area contributed by atoms with Gasteiger partial charge in [0.15, 0.2) is 0 Å². The second-order valence-corrected chi connectivity index (χ2v) is 8.02. The number of aryl methyl sites for hydroxylation is 3. The van der Waals surface area contributed by atoms with E-state index in [9.17, 15) is 4.79 Å². The molecule has 1 saturated heterocycles. The number of nitrogens with zero attached hydrogens (tertiary/aromatic N) is 1. The Balaban J connectivity index is 1.63. The SMILES string of the molecule is Cc1cc(C)c([C@@H](C)NC(=O)c2ccc(CN3CCCCC3)cc2)cc1C. The van der Waals surface area contributed by atoms with Crippen LogP contribution in [-0.2, 0) is 6.54 Å². The van der Waals surface area contributed by atoms with E-state index in [2.05, 4.69) is 62.2 Å². The predicted molar refractivity (Wildman–Crippen MR) is 112 cm³/mol. The molecule has 3 heteroatoms. The summed E-state index contributed by atoms with van der Waals surface area (Å²) < 4.78 is 0. The van der Waals surface area contributed by atoms with Crippen LogP contribution < -0.4 is 5.32 Å². The highest BCUT2D eigenvalue weighted by atomic mass is 16.1. The van der Waals surface area contributed by atoms with Gasteiger partial charge in [-0.05, 0) is 93.6 Å². The van der Waals surface area contributed by atoms with Gasteiger partial charge in [-0.3, -0.25) is 9.69 Å². The summed E-state index contributed by atoms with van der Waals surface area (Å²) >= 11 is 0. The summed E-state index contributed by atoms with van der Waals surface area (Å²) in [6.45, 7) is 11.8. The number of carbonyl (C=O) groups excluding carboxylic acids is 1. The maximum absolute atomic E-state index is 12.7. The Labute approximate surface area is 163 Å². The lowest BCUT2D eigenvalue weighted by atomic mass is 9.96. The third-order valence-electron chi connectivity index (χ3n) is 5.77. The van der Waals surface area contributed by atoms with Crippen molar-refractivity contribution in [3.05, 3.63) is 69.8 Å². The molecular weight excluding hydrogens is 332 g/mol. The topological polar surface area (TPSA) is 32.3 Å². The highest BCUT2D eigenvalue weighted by Crippen LogP contribution is 2.22. The molecule has 2 aromatic carbocycles. The maximum atomic E-state index is 12.7. The summed E-state index contributed by atoms with van der Waals surface area (Å²) in [5.74, 6) is -0.00958. The number of likely N-dealkylation sites (tertiary alicyclic amines) is 1. The van der Waals surface area contributed by atoms with Gasteiger partial charge in [0.1, 0.15) is 0 Å². The Kier molecular flexibility index (Phi) is 6.33. The van der Waals surface area contributed by atoms with Crippen molar-refractivity contribution < 1.29 is 4.79 Å². The number of benzene rings is 2. The smallest absolute Gasteiger partial charge is 0.251 e. The molecule has 0 saturated carbocycles. The first kappa shape index (κ1) is 19.6. The van der Waals surface area contributed by atoms with Crippen LogP contribution in [0.3, 0.4) is 0 Å². The van der Waals surface area contributed by atoms with Crippen LogP contribution in [0.4, 0.5) is 0 Å². The molecule has 1 aliphatic heterocycles. The van der Waals surface area contributed by atoms with Crippen molar-refractivity contribution in [3.8, 4) is 0 Å². The van der Waals surface area contributed by atoms with Crippen LogP contribution in [0, 0.1) is 20.8 Å². The molecule has 3 nitrogen and oxygen atoms in total. The Morgan fingerprint density at radius 2 is 1.59 bits per heavy atom. The molecule has 2 aromatic rings. The molecule has 0 spiro atoms. The average molecular weight is 365 g/mol. The van der Waals surface area contributed by atoms with Crippen molar-refractivity contribution in [1.29, 1.82) is 0 Å². The van der Waals surface area contributed by atoms with Gasteiger partial charge in [0.25, 0.3) is 5.91 Å². The number of carbonyl (C=O) groups is 1. The summed E-state index contributed by atoms with van der Waals surface area (Å²) in [7, 11) is 0. The van der Waals surface area contributed by atoms with Crippen LogP contribution in [0.5, 0.6) is 0 Å². The van der Waals surface area contributed by atoms with E-state index in [1.165, 1.54) is 60.2 Å². The summed E-state index contributed by atoms with van der Waals surface area (Å²) in [6.07, 6.45) is 3.96. The first-order valence-corrected chi connectivity index (χ1v) is 10.1. The third-order valence-corrected chi connectivity index (χ3v) is 5.77. The van der Waals surface area contributed by atoms with E-state index in [0.717, 1.165) is 12.1 Å². The van der Waals surface area contributed by atoms with Crippen LogP contribution in [-0.4, -0.2) is 23.9 Å². The lowest BCUT2D eigenvalue weighted by Gasteiger charge is -2.26. The van der Waals surface area contributed by atoms with Crippen molar-refractivity contribution >= 4 is 5.91 Å². The number of hydrogen-bond acceptors (Lipinski definition) is 2. The zero-order valence-electron chi connectivity index (χ0n) is 17.1. The molecule has 1 fully saturated rings. The van der Waals surface area contributed by atoms with E-state index in [1.54, 1.807) is 0 Å². The lowest BCUT2D eigenvalue weighted by Crippen LogP contribution is -2.29. The summed E-state index contributed by atoms with van der Waals surface area (Å²) in [6, 6.07) is 12.5. The maximum Gasteiger partial charge on any atom is 0.251 e. The van der Waals surface area contributed by atoms with E-state index in [4.69, 9.17) is 0 Å². The van der Waals surface area contributed by atoms with Gasteiger partial charge >= 0.3 is 0 Å². The summed E-state index contributed by atoms with van der Waals surface area (Å²) in [4.78, 5) is 15.2. The molecule has 0 bridgehead atoms. The minimum Gasteiger partial charge on any atom is -0.346 e. The van der Waals surface area contributed by atoms with Crippen molar-refractivity contribution in [1.82, 2.24) is 10.2 Å². The molecule has 1 N–H and O–H groups in total. The van der Waals surface area contributed by atoms with Gasteiger partial charge in [0, 0.05) is 12.1 Å². The molecule has 27 heavy (non-hydrogen) atoms. The molecule has 144 valence electrons. The average Bonchev–Trinajstić information content (AvgIpc) is 2.66. The zero-order chi connectivity index (χ0) is 19.4. The van der Waals surface area contributed by atoms with Crippen molar-refractivity contribution in [2.45, 2.75) is 59.5 Å². The Bertz CT molecular complexity index is 789.